The van der Waals surface area contributed by atoms with Crippen molar-refractivity contribution in [2.24, 2.45) is 0 Å². The molecule has 0 aliphatic carbocycles. The van der Waals surface area contributed by atoms with Gasteiger partial charge in [0.15, 0.2) is 0 Å². The van der Waals surface area contributed by atoms with Gasteiger partial charge in [0.1, 0.15) is 0 Å². The largest absolute Gasteiger partial charge is 0.306 e. The topological polar surface area (TPSA) is 3.24 Å². The van der Waals surface area contributed by atoms with E-state index < -0.39 is 0 Å². The minimum absolute atomic E-state index is 0.759. The van der Waals surface area contributed by atoms with Crippen LogP contribution in [0.1, 0.15) is 36.8 Å². The van der Waals surface area contributed by atoms with Gasteiger partial charge in [0.05, 0.1) is 0 Å². The van der Waals surface area contributed by atoms with E-state index in [2.05, 4.69) is 43.1 Å². The van der Waals surface area contributed by atoms with E-state index in [-0.39, 0.29) is 0 Å². The average Bonchev–Trinajstić information content (AvgIpc) is 2.29. The molecule has 2 rings (SSSR count). The lowest BCUT2D eigenvalue weighted by Gasteiger charge is -2.30. The fourth-order valence-corrected chi connectivity index (χ4v) is 2.46. The van der Waals surface area contributed by atoms with Gasteiger partial charge >= 0.3 is 0 Å². The van der Waals surface area contributed by atoms with Crippen LogP contribution in [0.5, 0.6) is 0 Å². The van der Waals surface area contributed by atoms with Gasteiger partial charge in [0, 0.05) is 6.54 Å². The summed E-state index contributed by atoms with van der Waals surface area (Å²) in [5, 5.41) is 0. The Morgan fingerprint density at radius 1 is 1.27 bits per heavy atom. The number of nitrogens with zero attached hydrogens (tertiary/aromatic N) is 1. The standard InChI is InChI=1S/C14H21N/c1-3-12-6-8-13(9-7-12)14-5-4-10-15(2)11-14/h6-9,14H,3-5,10-11H2,1-2H3. The molecule has 0 N–H and O–H groups in total. The first kappa shape index (κ1) is 10.7. The summed E-state index contributed by atoms with van der Waals surface area (Å²) in [6.45, 7) is 4.71. The van der Waals surface area contributed by atoms with Crippen LogP contribution in [0.2, 0.25) is 0 Å². The third-order valence-corrected chi connectivity index (χ3v) is 3.48. The van der Waals surface area contributed by atoms with E-state index in [0.29, 0.717) is 0 Å². The van der Waals surface area contributed by atoms with Crippen molar-refractivity contribution in [2.45, 2.75) is 32.1 Å². The minimum atomic E-state index is 0.759. The summed E-state index contributed by atoms with van der Waals surface area (Å²) in [7, 11) is 2.23. The molecule has 1 aliphatic rings. The Kier molecular flexibility index (Phi) is 3.42. The first-order chi connectivity index (χ1) is 7.29. The predicted octanol–water partition coefficient (Wildman–Crippen LogP) is 3.06. The van der Waals surface area contributed by atoms with Crippen LogP contribution in [0.15, 0.2) is 24.3 Å². The van der Waals surface area contributed by atoms with Crippen molar-refractivity contribution < 1.29 is 0 Å². The highest BCUT2D eigenvalue weighted by molar-refractivity contribution is 5.26. The number of hydrogen-bond acceptors (Lipinski definition) is 1. The molecule has 0 aromatic heterocycles. The predicted molar refractivity (Wildman–Crippen MR) is 65.3 cm³/mol. The Hall–Kier alpha value is -0.820. The molecule has 1 aliphatic heterocycles. The van der Waals surface area contributed by atoms with Gasteiger partial charge in [-0.3, -0.25) is 0 Å². The maximum absolute atomic E-state index is 2.45. The second-order valence-corrected chi connectivity index (χ2v) is 4.70. The van der Waals surface area contributed by atoms with Gasteiger partial charge in [0.25, 0.3) is 0 Å². The normalized spacial score (nSPS) is 22.9. The molecule has 1 aromatic rings. The fraction of sp³-hybridized carbons (Fsp3) is 0.571. The van der Waals surface area contributed by atoms with Crippen LogP contribution in [-0.4, -0.2) is 25.0 Å². The molecule has 1 unspecified atom stereocenters. The molecule has 1 atom stereocenters. The SMILES string of the molecule is CCc1ccc(C2CCCN(C)C2)cc1. The molecule has 1 nitrogen and oxygen atoms in total. The first-order valence-corrected chi connectivity index (χ1v) is 6.07. The Labute approximate surface area is 93.1 Å². The molecule has 0 amide bonds. The van der Waals surface area contributed by atoms with Crippen LogP contribution in [-0.2, 0) is 6.42 Å². The van der Waals surface area contributed by atoms with E-state index in [0.717, 1.165) is 12.3 Å². The van der Waals surface area contributed by atoms with Crippen LogP contribution < -0.4 is 0 Å². The van der Waals surface area contributed by atoms with Crippen molar-refractivity contribution in [3.63, 3.8) is 0 Å². The summed E-state index contributed by atoms with van der Waals surface area (Å²) in [6.07, 6.45) is 3.84. The lowest BCUT2D eigenvalue weighted by atomic mass is 9.90. The zero-order valence-corrected chi connectivity index (χ0v) is 9.87. The van der Waals surface area contributed by atoms with Gasteiger partial charge in [-0.05, 0) is 49.9 Å². The summed E-state index contributed by atoms with van der Waals surface area (Å²) in [5.41, 5.74) is 2.97. The van der Waals surface area contributed by atoms with Crippen molar-refractivity contribution >= 4 is 0 Å². The fourth-order valence-electron chi connectivity index (χ4n) is 2.46. The van der Waals surface area contributed by atoms with Crippen LogP contribution in [0, 0.1) is 0 Å². The number of benzene rings is 1. The Morgan fingerprint density at radius 3 is 2.60 bits per heavy atom. The maximum Gasteiger partial charge on any atom is 0.00472 e. The van der Waals surface area contributed by atoms with E-state index in [9.17, 15) is 0 Å². The quantitative estimate of drug-likeness (QED) is 0.714. The molecule has 0 radical (unpaired) electrons. The Bertz CT molecular complexity index is 302. The minimum Gasteiger partial charge on any atom is -0.306 e. The lowest BCUT2D eigenvalue weighted by molar-refractivity contribution is 0.251. The molecule has 0 saturated carbocycles. The molecule has 15 heavy (non-hydrogen) atoms. The molecule has 0 spiro atoms. The highest BCUT2D eigenvalue weighted by atomic mass is 15.1. The van der Waals surface area contributed by atoms with E-state index in [1.807, 2.05) is 0 Å². The third-order valence-electron chi connectivity index (χ3n) is 3.48. The van der Waals surface area contributed by atoms with Gasteiger partial charge in [-0.25, -0.2) is 0 Å². The highest BCUT2D eigenvalue weighted by Crippen LogP contribution is 2.26. The first-order valence-electron chi connectivity index (χ1n) is 6.07. The third kappa shape index (κ3) is 2.60. The monoisotopic (exact) mass is 203 g/mol. The van der Waals surface area contributed by atoms with E-state index in [1.54, 1.807) is 0 Å². The van der Waals surface area contributed by atoms with Crippen molar-refractivity contribution in [2.75, 3.05) is 20.1 Å². The zero-order valence-electron chi connectivity index (χ0n) is 9.87. The number of hydrogen-bond donors (Lipinski definition) is 0. The molecule has 1 fully saturated rings. The van der Waals surface area contributed by atoms with Crippen LogP contribution in [0.25, 0.3) is 0 Å². The van der Waals surface area contributed by atoms with E-state index in [1.165, 1.54) is 37.1 Å². The molecule has 1 saturated heterocycles. The molecule has 1 heteroatoms. The van der Waals surface area contributed by atoms with Crippen LogP contribution >= 0.6 is 0 Å². The second-order valence-electron chi connectivity index (χ2n) is 4.70. The summed E-state index contributed by atoms with van der Waals surface area (Å²) in [5.74, 6) is 0.759. The Morgan fingerprint density at radius 2 is 2.00 bits per heavy atom. The molecule has 82 valence electrons. The van der Waals surface area contributed by atoms with Crippen LogP contribution in [0.4, 0.5) is 0 Å². The van der Waals surface area contributed by atoms with Crippen molar-refractivity contribution in [1.82, 2.24) is 4.90 Å². The van der Waals surface area contributed by atoms with Gasteiger partial charge in [0.2, 0.25) is 0 Å². The summed E-state index contributed by atoms with van der Waals surface area (Å²) >= 11 is 0. The number of likely N-dealkylation sites (tertiary alicyclic amines) is 1. The molecular weight excluding hydrogens is 182 g/mol. The van der Waals surface area contributed by atoms with Gasteiger partial charge in [-0.15, -0.1) is 0 Å². The smallest absolute Gasteiger partial charge is 0.00472 e. The van der Waals surface area contributed by atoms with Crippen molar-refractivity contribution in [3.05, 3.63) is 35.4 Å². The van der Waals surface area contributed by atoms with Gasteiger partial charge < -0.3 is 4.90 Å². The second kappa shape index (κ2) is 4.80. The number of piperidine rings is 1. The lowest BCUT2D eigenvalue weighted by Crippen LogP contribution is -2.30. The number of aryl methyl sites for hydroxylation is 1. The number of likely N-dealkylation sites (N-methyl/N-ethyl adjacent to an activating group) is 1. The summed E-state index contributed by atoms with van der Waals surface area (Å²) in [4.78, 5) is 2.45. The zero-order chi connectivity index (χ0) is 10.7. The van der Waals surface area contributed by atoms with E-state index >= 15 is 0 Å². The summed E-state index contributed by atoms with van der Waals surface area (Å²) < 4.78 is 0. The summed E-state index contributed by atoms with van der Waals surface area (Å²) in [6, 6.07) is 9.21. The van der Waals surface area contributed by atoms with E-state index in [4.69, 9.17) is 0 Å². The highest BCUT2D eigenvalue weighted by Gasteiger charge is 2.18. The average molecular weight is 203 g/mol. The Balaban J connectivity index is 2.07. The maximum atomic E-state index is 2.45. The molecule has 0 bridgehead atoms. The number of rotatable bonds is 2. The molecule has 1 heterocycles. The van der Waals surface area contributed by atoms with Crippen molar-refractivity contribution in [1.29, 1.82) is 0 Å². The van der Waals surface area contributed by atoms with Gasteiger partial charge in [-0.1, -0.05) is 31.2 Å². The van der Waals surface area contributed by atoms with Gasteiger partial charge in [-0.2, -0.15) is 0 Å². The van der Waals surface area contributed by atoms with Crippen LogP contribution in [0.3, 0.4) is 0 Å². The molecular formula is C14H21N. The van der Waals surface area contributed by atoms with Crippen molar-refractivity contribution in [3.8, 4) is 0 Å². The molecule has 1 aromatic carbocycles.